The largest absolute Gasteiger partial charge is 0.337 e. The molecule has 0 aliphatic carbocycles. The number of amides is 1. The van der Waals surface area contributed by atoms with Crippen LogP contribution in [0.5, 0.6) is 0 Å². The highest BCUT2D eigenvalue weighted by molar-refractivity contribution is 7.23. The fraction of sp³-hybridized carbons (Fsp3) is 0.190. The first-order chi connectivity index (χ1) is 14.4. The monoisotopic (exact) mass is 478 g/mol. The van der Waals surface area contributed by atoms with Gasteiger partial charge in [0, 0.05) is 30.5 Å². The number of benzene rings is 2. The summed E-state index contributed by atoms with van der Waals surface area (Å²) >= 11 is 20.1. The molecular formula is C21H17Cl3N4OS. The van der Waals surface area contributed by atoms with Crippen molar-refractivity contribution < 1.29 is 4.79 Å². The first-order valence-electron chi connectivity index (χ1n) is 9.22. The third-order valence-electron chi connectivity index (χ3n) is 4.68. The molecular weight excluding hydrogens is 463 g/mol. The summed E-state index contributed by atoms with van der Waals surface area (Å²) in [6.07, 6.45) is 6.09. The smallest absolute Gasteiger partial charge is 0.261 e. The van der Waals surface area contributed by atoms with Crippen molar-refractivity contribution in [3.05, 3.63) is 75.2 Å². The van der Waals surface area contributed by atoms with Crippen molar-refractivity contribution >= 4 is 67.4 Å². The molecule has 0 saturated carbocycles. The third-order valence-corrected chi connectivity index (χ3v) is 6.77. The molecule has 4 rings (SSSR count). The summed E-state index contributed by atoms with van der Waals surface area (Å²) in [4.78, 5) is 23.9. The van der Waals surface area contributed by atoms with Crippen LogP contribution in [0, 0.1) is 6.92 Å². The van der Waals surface area contributed by atoms with Crippen LogP contribution in [0.4, 0.5) is 5.13 Å². The lowest BCUT2D eigenvalue weighted by Crippen LogP contribution is -2.32. The van der Waals surface area contributed by atoms with E-state index in [-0.39, 0.29) is 5.91 Å². The Balaban J connectivity index is 1.70. The Kier molecular flexibility index (Phi) is 6.29. The number of anilines is 1. The number of rotatable bonds is 6. The maximum Gasteiger partial charge on any atom is 0.261 e. The summed E-state index contributed by atoms with van der Waals surface area (Å²) in [7, 11) is 0. The fourth-order valence-electron chi connectivity index (χ4n) is 3.13. The maximum absolute atomic E-state index is 13.4. The second-order valence-electron chi connectivity index (χ2n) is 6.77. The molecule has 0 atom stereocenters. The number of aryl methyl sites for hydroxylation is 2. The molecule has 4 aromatic rings. The molecule has 0 spiro atoms. The second kappa shape index (κ2) is 8.94. The zero-order valence-electron chi connectivity index (χ0n) is 16.0. The highest BCUT2D eigenvalue weighted by atomic mass is 35.5. The number of nitrogens with zero attached hydrogens (tertiary/aromatic N) is 4. The number of hydrogen-bond donors (Lipinski definition) is 0. The van der Waals surface area contributed by atoms with Crippen molar-refractivity contribution in [3.63, 3.8) is 0 Å². The quantitative estimate of drug-likeness (QED) is 0.317. The molecule has 0 N–H and O–H groups in total. The van der Waals surface area contributed by atoms with Gasteiger partial charge in [-0.1, -0.05) is 52.2 Å². The fourth-order valence-corrected chi connectivity index (χ4v) is 4.96. The summed E-state index contributed by atoms with van der Waals surface area (Å²) in [5.41, 5.74) is 2.19. The van der Waals surface area contributed by atoms with Gasteiger partial charge in [0.25, 0.3) is 5.91 Å². The lowest BCUT2D eigenvalue weighted by Gasteiger charge is -2.20. The van der Waals surface area contributed by atoms with Crippen molar-refractivity contribution in [3.8, 4) is 0 Å². The van der Waals surface area contributed by atoms with E-state index in [1.807, 2.05) is 29.8 Å². The average molecular weight is 480 g/mol. The number of carbonyl (C=O) groups is 1. The summed E-state index contributed by atoms with van der Waals surface area (Å²) in [5, 5.41) is 1.99. The second-order valence-corrected chi connectivity index (χ2v) is 9.00. The lowest BCUT2D eigenvalue weighted by molar-refractivity contribution is 0.0986. The van der Waals surface area contributed by atoms with E-state index in [1.54, 1.807) is 35.6 Å². The van der Waals surface area contributed by atoms with Gasteiger partial charge in [0.2, 0.25) is 0 Å². The van der Waals surface area contributed by atoms with E-state index in [0.717, 1.165) is 28.7 Å². The highest BCUT2D eigenvalue weighted by Crippen LogP contribution is 2.36. The van der Waals surface area contributed by atoms with Gasteiger partial charge >= 0.3 is 0 Å². The van der Waals surface area contributed by atoms with Gasteiger partial charge in [-0.15, -0.1) is 0 Å². The minimum atomic E-state index is -0.227. The Bertz CT molecular complexity index is 1170. The standard InChI is InChI=1S/C21H17Cl3N4OS/c1-13-3-6-16(23)19-18(13)26-21(30-19)28(9-2-8-27-10-7-25-12-27)20(29)15-5-4-14(22)11-17(15)24/h3-7,10-12H,2,8-9H2,1H3. The Hall–Kier alpha value is -2.12. The molecule has 2 aromatic heterocycles. The molecule has 2 aromatic carbocycles. The number of hydrogen-bond acceptors (Lipinski definition) is 4. The van der Waals surface area contributed by atoms with Crippen LogP contribution >= 0.6 is 46.1 Å². The molecule has 0 radical (unpaired) electrons. The van der Waals surface area contributed by atoms with Crippen molar-refractivity contribution in [1.29, 1.82) is 0 Å². The van der Waals surface area contributed by atoms with E-state index in [0.29, 0.717) is 32.3 Å². The molecule has 0 unspecified atom stereocenters. The van der Waals surface area contributed by atoms with Gasteiger partial charge < -0.3 is 4.57 Å². The molecule has 1 amide bonds. The molecule has 30 heavy (non-hydrogen) atoms. The molecule has 9 heteroatoms. The molecule has 154 valence electrons. The van der Waals surface area contributed by atoms with Crippen LogP contribution in [0.2, 0.25) is 15.1 Å². The Morgan fingerprint density at radius 3 is 2.70 bits per heavy atom. The summed E-state index contributed by atoms with van der Waals surface area (Å²) in [6.45, 7) is 3.17. The van der Waals surface area contributed by atoms with Crippen LogP contribution < -0.4 is 4.90 Å². The highest BCUT2D eigenvalue weighted by Gasteiger charge is 2.24. The lowest BCUT2D eigenvalue weighted by atomic mass is 10.2. The number of carbonyl (C=O) groups excluding carboxylic acids is 1. The summed E-state index contributed by atoms with van der Waals surface area (Å²) in [5.74, 6) is -0.227. The maximum atomic E-state index is 13.4. The first-order valence-corrected chi connectivity index (χ1v) is 11.2. The summed E-state index contributed by atoms with van der Waals surface area (Å²) < 4.78 is 2.83. The van der Waals surface area contributed by atoms with Crippen molar-refractivity contribution in [2.24, 2.45) is 0 Å². The van der Waals surface area contributed by atoms with E-state index in [1.165, 1.54) is 11.3 Å². The minimum Gasteiger partial charge on any atom is -0.337 e. The predicted octanol–water partition coefficient (Wildman–Crippen LogP) is 6.50. The Morgan fingerprint density at radius 2 is 2.00 bits per heavy atom. The minimum absolute atomic E-state index is 0.227. The molecule has 0 fully saturated rings. The van der Waals surface area contributed by atoms with Crippen LogP contribution in [-0.2, 0) is 6.54 Å². The Labute approximate surface area is 192 Å². The normalized spacial score (nSPS) is 11.2. The van der Waals surface area contributed by atoms with Gasteiger partial charge in [0.15, 0.2) is 5.13 Å². The number of aromatic nitrogens is 3. The van der Waals surface area contributed by atoms with Crippen molar-refractivity contribution in [2.45, 2.75) is 19.9 Å². The number of fused-ring (bicyclic) bond motifs is 1. The molecule has 0 bridgehead atoms. The molecule has 0 aliphatic heterocycles. The zero-order valence-corrected chi connectivity index (χ0v) is 19.1. The SMILES string of the molecule is Cc1ccc(Cl)c2sc(N(CCCn3ccnc3)C(=O)c3ccc(Cl)cc3Cl)nc12. The van der Waals surface area contributed by atoms with Gasteiger partial charge in [0.1, 0.15) is 0 Å². The van der Waals surface area contributed by atoms with Gasteiger partial charge in [0.05, 0.1) is 32.2 Å². The average Bonchev–Trinajstić information content (AvgIpc) is 3.38. The predicted molar refractivity (Wildman–Crippen MR) is 124 cm³/mol. The van der Waals surface area contributed by atoms with Crippen molar-refractivity contribution in [2.75, 3.05) is 11.4 Å². The van der Waals surface area contributed by atoms with Crippen LogP contribution in [0.3, 0.4) is 0 Å². The van der Waals surface area contributed by atoms with E-state index < -0.39 is 0 Å². The number of halogens is 3. The van der Waals surface area contributed by atoms with Gasteiger partial charge in [-0.25, -0.2) is 9.97 Å². The van der Waals surface area contributed by atoms with E-state index >= 15 is 0 Å². The number of imidazole rings is 1. The van der Waals surface area contributed by atoms with E-state index in [9.17, 15) is 4.79 Å². The first kappa shape index (κ1) is 21.1. The topological polar surface area (TPSA) is 51.0 Å². The molecule has 2 heterocycles. The van der Waals surface area contributed by atoms with Gasteiger partial charge in [-0.3, -0.25) is 9.69 Å². The third kappa shape index (κ3) is 4.32. The van der Waals surface area contributed by atoms with Crippen LogP contribution in [-0.4, -0.2) is 27.0 Å². The number of thiazole rings is 1. The van der Waals surface area contributed by atoms with E-state index in [4.69, 9.17) is 39.8 Å². The molecule has 0 saturated heterocycles. The van der Waals surface area contributed by atoms with Gasteiger partial charge in [-0.05, 0) is 43.2 Å². The Morgan fingerprint density at radius 1 is 1.17 bits per heavy atom. The zero-order chi connectivity index (χ0) is 21.3. The van der Waals surface area contributed by atoms with Crippen LogP contribution in [0.1, 0.15) is 22.3 Å². The van der Waals surface area contributed by atoms with Gasteiger partial charge in [-0.2, -0.15) is 0 Å². The molecule has 5 nitrogen and oxygen atoms in total. The van der Waals surface area contributed by atoms with E-state index in [2.05, 4.69) is 4.98 Å². The summed E-state index contributed by atoms with van der Waals surface area (Å²) in [6, 6.07) is 8.64. The van der Waals surface area contributed by atoms with Crippen LogP contribution in [0.15, 0.2) is 49.1 Å². The molecule has 0 aliphatic rings. The van der Waals surface area contributed by atoms with Crippen LogP contribution in [0.25, 0.3) is 10.2 Å². The van der Waals surface area contributed by atoms with Crippen molar-refractivity contribution in [1.82, 2.24) is 14.5 Å².